The summed E-state index contributed by atoms with van der Waals surface area (Å²) in [5.74, 6) is 1.56. The third kappa shape index (κ3) is 2.67. The van der Waals surface area contributed by atoms with Crippen LogP contribution < -0.4 is 14.8 Å². The molecule has 0 aliphatic carbocycles. The van der Waals surface area contributed by atoms with Crippen LogP contribution in [0.25, 0.3) is 0 Å². The first kappa shape index (κ1) is 12.5. The Bertz CT molecular complexity index is 430. The maximum Gasteiger partial charge on any atom is 0.241 e. The Hall–Kier alpha value is -1.91. The van der Waals surface area contributed by atoms with E-state index in [-0.39, 0.29) is 12.7 Å². The summed E-state index contributed by atoms with van der Waals surface area (Å²) in [6.07, 6.45) is 0. The summed E-state index contributed by atoms with van der Waals surface area (Å²) >= 11 is 0. The van der Waals surface area contributed by atoms with E-state index in [0.717, 1.165) is 30.3 Å². The highest BCUT2D eigenvalue weighted by molar-refractivity contribution is 5.81. The lowest BCUT2D eigenvalue weighted by molar-refractivity contribution is -0.128. The van der Waals surface area contributed by atoms with Crippen LogP contribution in [0.4, 0.5) is 5.69 Å². The lowest BCUT2D eigenvalue weighted by Gasteiger charge is -2.19. The van der Waals surface area contributed by atoms with E-state index in [0.29, 0.717) is 6.54 Å². The van der Waals surface area contributed by atoms with Gasteiger partial charge >= 0.3 is 0 Å². The normalized spacial score (nSPS) is 12.3. The van der Waals surface area contributed by atoms with Gasteiger partial charge in [-0.1, -0.05) is 0 Å². The minimum atomic E-state index is 0.0951. The first-order valence-corrected chi connectivity index (χ1v) is 6.16. The standard InChI is InChI=1S/C13H18N2O3/c1-3-15(4-2)13(16)8-14-10-5-6-11-12(7-10)18-9-17-11/h5-7,14H,3-4,8-9H2,1-2H3. The third-order valence-electron chi connectivity index (χ3n) is 2.93. The molecule has 1 aromatic carbocycles. The number of hydrogen-bond donors (Lipinski definition) is 1. The Balaban J connectivity index is 1.92. The van der Waals surface area contributed by atoms with Gasteiger partial charge in [0.05, 0.1) is 6.54 Å². The molecular weight excluding hydrogens is 232 g/mol. The zero-order valence-corrected chi connectivity index (χ0v) is 10.7. The molecule has 0 spiro atoms. The summed E-state index contributed by atoms with van der Waals surface area (Å²) in [5.41, 5.74) is 0.861. The number of anilines is 1. The maximum atomic E-state index is 11.8. The van der Waals surface area contributed by atoms with E-state index in [1.54, 1.807) is 4.90 Å². The summed E-state index contributed by atoms with van der Waals surface area (Å²) in [6.45, 7) is 5.97. The van der Waals surface area contributed by atoms with Gasteiger partial charge in [-0.05, 0) is 26.0 Å². The van der Waals surface area contributed by atoms with Gasteiger partial charge < -0.3 is 19.7 Å². The van der Waals surface area contributed by atoms with Gasteiger partial charge in [0, 0.05) is 24.8 Å². The third-order valence-corrected chi connectivity index (χ3v) is 2.93. The molecule has 1 aliphatic rings. The van der Waals surface area contributed by atoms with Crippen LogP contribution in [0.15, 0.2) is 18.2 Å². The summed E-state index contributed by atoms with van der Waals surface area (Å²) in [4.78, 5) is 13.6. The average Bonchev–Trinajstić information content (AvgIpc) is 2.85. The molecule has 0 saturated heterocycles. The number of likely N-dealkylation sites (N-methyl/N-ethyl adjacent to an activating group) is 1. The minimum absolute atomic E-state index is 0.0951. The summed E-state index contributed by atoms with van der Waals surface area (Å²) < 4.78 is 10.5. The number of amides is 1. The lowest BCUT2D eigenvalue weighted by Crippen LogP contribution is -2.35. The Morgan fingerprint density at radius 1 is 1.28 bits per heavy atom. The van der Waals surface area contributed by atoms with Crippen molar-refractivity contribution in [2.45, 2.75) is 13.8 Å². The molecule has 0 aromatic heterocycles. The molecular formula is C13H18N2O3. The predicted octanol–water partition coefficient (Wildman–Crippen LogP) is 1.70. The SMILES string of the molecule is CCN(CC)C(=O)CNc1ccc2c(c1)OCO2. The van der Waals surface area contributed by atoms with Gasteiger partial charge in [-0.3, -0.25) is 4.79 Å². The molecule has 0 atom stereocenters. The number of rotatable bonds is 5. The van der Waals surface area contributed by atoms with Crippen LogP contribution in [0.5, 0.6) is 11.5 Å². The van der Waals surface area contributed by atoms with Gasteiger partial charge in [0.1, 0.15) is 0 Å². The molecule has 5 heteroatoms. The van der Waals surface area contributed by atoms with Crippen molar-refractivity contribution in [3.8, 4) is 11.5 Å². The van der Waals surface area contributed by atoms with Gasteiger partial charge in [-0.2, -0.15) is 0 Å². The van der Waals surface area contributed by atoms with Gasteiger partial charge in [0.25, 0.3) is 0 Å². The van der Waals surface area contributed by atoms with Gasteiger partial charge in [-0.25, -0.2) is 0 Å². The van der Waals surface area contributed by atoms with Crippen LogP contribution >= 0.6 is 0 Å². The number of nitrogens with one attached hydrogen (secondary N) is 1. The topological polar surface area (TPSA) is 50.8 Å². The fraction of sp³-hybridized carbons (Fsp3) is 0.462. The van der Waals surface area contributed by atoms with Crippen LogP contribution in [-0.4, -0.2) is 37.2 Å². The number of nitrogens with zero attached hydrogens (tertiary/aromatic N) is 1. The number of fused-ring (bicyclic) bond motifs is 1. The van der Waals surface area contributed by atoms with Gasteiger partial charge in [-0.15, -0.1) is 0 Å². The molecule has 1 amide bonds. The molecule has 1 N–H and O–H groups in total. The number of carbonyl (C=O) groups is 1. The second-order valence-electron chi connectivity index (χ2n) is 3.99. The van der Waals surface area contributed by atoms with E-state index in [1.165, 1.54) is 0 Å². The second-order valence-corrected chi connectivity index (χ2v) is 3.99. The van der Waals surface area contributed by atoms with Crippen molar-refractivity contribution in [3.63, 3.8) is 0 Å². The van der Waals surface area contributed by atoms with E-state index in [2.05, 4.69) is 5.32 Å². The molecule has 0 bridgehead atoms. The van der Waals surface area contributed by atoms with Crippen molar-refractivity contribution in [2.24, 2.45) is 0 Å². The highest BCUT2D eigenvalue weighted by Crippen LogP contribution is 2.34. The molecule has 2 rings (SSSR count). The second kappa shape index (κ2) is 5.62. The smallest absolute Gasteiger partial charge is 0.241 e. The van der Waals surface area contributed by atoms with Crippen molar-refractivity contribution in [2.75, 3.05) is 31.7 Å². The van der Waals surface area contributed by atoms with E-state index >= 15 is 0 Å². The molecule has 0 saturated carbocycles. The Kier molecular flexibility index (Phi) is 3.92. The Morgan fingerprint density at radius 2 is 2.00 bits per heavy atom. The summed E-state index contributed by atoms with van der Waals surface area (Å²) in [6, 6.07) is 5.56. The van der Waals surface area contributed by atoms with Crippen LogP contribution in [0.2, 0.25) is 0 Å². The molecule has 1 aromatic rings. The number of ether oxygens (including phenoxy) is 2. The first-order chi connectivity index (χ1) is 8.74. The van der Waals surface area contributed by atoms with Crippen LogP contribution in [-0.2, 0) is 4.79 Å². The molecule has 98 valence electrons. The van der Waals surface area contributed by atoms with E-state index < -0.39 is 0 Å². The van der Waals surface area contributed by atoms with Crippen LogP contribution in [0.3, 0.4) is 0 Å². The average molecular weight is 250 g/mol. The fourth-order valence-corrected chi connectivity index (χ4v) is 1.87. The van der Waals surface area contributed by atoms with Crippen molar-refractivity contribution >= 4 is 11.6 Å². The lowest BCUT2D eigenvalue weighted by atomic mass is 10.2. The number of carbonyl (C=O) groups excluding carboxylic acids is 1. The molecule has 1 aliphatic heterocycles. The fourth-order valence-electron chi connectivity index (χ4n) is 1.87. The van der Waals surface area contributed by atoms with Crippen molar-refractivity contribution in [3.05, 3.63) is 18.2 Å². The predicted molar refractivity (Wildman–Crippen MR) is 69.0 cm³/mol. The number of hydrogen-bond acceptors (Lipinski definition) is 4. The quantitative estimate of drug-likeness (QED) is 0.864. The Labute approximate surface area is 107 Å². The van der Waals surface area contributed by atoms with Crippen molar-refractivity contribution in [1.29, 1.82) is 0 Å². The highest BCUT2D eigenvalue weighted by Gasteiger charge is 2.14. The molecule has 0 radical (unpaired) electrons. The monoisotopic (exact) mass is 250 g/mol. The van der Waals surface area contributed by atoms with Crippen molar-refractivity contribution in [1.82, 2.24) is 4.90 Å². The first-order valence-electron chi connectivity index (χ1n) is 6.16. The zero-order chi connectivity index (χ0) is 13.0. The number of benzene rings is 1. The van der Waals surface area contributed by atoms with Gasteiger partial charge in [0.2, 0.25) is 12.7 Å². The molecule has 18 heavy (non-hydrogen) atoms. The Morgan fingerprint density at radius 3 is 2.72 bits per heavy atom. The van der Waals surface area contributed by atoms with Crippen LogP contribution in [0, 0.1) is 0 Å². The summed E-state index contributed by atoms with van der Waals surface area (Å²) in [5, 5.41) is 3.10. The van der Waals surface area contributed by atoms with E-state index in [9.17, 15) is 4.79 Å². The summed E-state index contributed by atoms with van der Waals surface area (Å²) in [7, 11) is 0. The molecule has 0 unspecified atom stereocenters. The van der Waals surface area contributed by atoms with Crippen LogP contribution in [0.1, 0.15) is 13.8 Å². The minimum Gasteiger partial charge on any atom is -0.454 e. The largest absolute Gasteiger partial charge is 0.454 e. The maximum absolute atomic E-state index is 11.8. The molecule has 1 heterocycles. The highest BCUT2D eigenvalue weighted by atomic mass is 16.7. The van der Waals surface area contributed by atoms with E-state index in [1.807, 2.05) is 32.0 Å². The molecule has 0 fully saturated rings. The van der Waals surface area contributed by atoms with E-state index in [4.69, 9.17) is 9.47 Å². The van der Waals surface area contributed by atoms with Crippen molar-refractivity contribution < 1.29 is 14.3 Å². The molecule has 5 nitrogen and oxygen atoms in total. The van der Waals surface area contributed by atoms with Gasteiger partial charge in [0.15, 0.2) is 11.5 Å². The zero-order valence-electron chi connectivity index (χ0n) is 10.7.